The molecule has 3 aliphatic rings. The molecule has 2 saturated heterocycles. The Morgan fingerprint density at radius 2 is 1.52 bits per heavy atom. The van der Waals surface area contributed by atoms with Crippen LogP contribution in [0, 0.1) is 17.8 Å². The number of carbonyl (C=O) groups is 3. The Bertz CT molecular complexity index is 1490. The summed E-state index contributed by atoms with van der Waals surface area (Å²) in [5.74, 6) is 0.836. The van der Waals surface area contributed by atoms with Crippen LogP contribution in [-0.4, -0.2) is 85.0 Å². The first-order valence-electron chi connectivity index (χ1n) is 16.5. The molecule has 3 fully saturated rings. The number of para-hydroxylation sites is 1. The van der Waals surface area contributed by atoms with Gasteiger partial charge in [-0.05, 0) is 79.9 Å². The molecule has 0 radical (unpaired) electrons. The highest BCUT2D eigenvalue weighted by Gasteiger charge is 2.42. The highest BCUT2D eigenvalue weighted by Crippen LogP contribution is 2.39. The summed E-state index contributed by atoms with van der Waals surface area (Å²) in [4.78, 5) is 44.0. The summed E-state index contributed by atoms with van der Waals surface area (Å²) in [6.45, 7) is 5.97. The van der Waals surface area contributed by atoms with E-state index in [1.54, 1.807) is 4.90 Å². The van der Waals surface area contributed by atoms with Crippen molar-refractivity contribution < 1.29 is 19.1 Å². The SMILES string of the molecule is CN(CCN1CC2CC(OC(=O)Nc3ccccc3-c3ccccc3)CC2C1)C(=O)c1ccc(CN2CCC(C(N)=O)CC2)cc1. The second kappa shape index (κ2) is 14.5. The van der Waals surface area contributed by atoms with E-state index in [1.807, 2.05) is 85.9 Å². The molecule has 3 amide bonds. The molecular weight excluding hydrogens is 578 g/mol. The molecule has 46 heavy (non-hydrogen) atoms. The maximum absolute atomic E-state index is 13.1. The minimum atomic E-state index is -0.400. The van der Waals surface area contributed by atoms with Gasteiger partial charge in [0, 0.05) is 56.8 Å². The average Bonchev–Trinajstić information content (AvgIpc) is 3.62. The fourth-order valence-electron chi connectivity index (χ4n) is 7.37. The van der Waals surface area contributed by atoms with E-state index in [9.17, 15) is 14.4 Å². The minimum absolute atomic E-state index is 0.00842. The molecule has 242 valence electrons. The molecule has 1 aliphatic carbocycles. The van der Waals surface area contributed by atoms with Crippen molar-refractivity contribution in [1.29, 1.82) is 0 Å². The molecular formula is C37H45N5O4. The molecule has 1 saturated carbocycles. The number of piperidine rings is 1. The van der Waals surface area contributed by atoms with Crippen molar-refractivity contribution in [2.45, 2.75) is 38.3 Å². The lowest BCUT2D eigenvalue weighted by Gasteiger charge is -2.30. The van der Waals surface area contributed by atoms with E-state index in [1.165, 1.54) is 0 Å². The lowest BCUT2D eigenvalue weighted by atomic mass is 9.96. The summed E-state index contributed by atoms with van der Waals surface area (Å²) in [6, 6.07) is 25.7. The van der Waals surface area contributed by atoms with Gasteiger partial charge < -0.3 is 20.3 Å². The number of carbonyl (C=O) groups excluding carboxylic acids is 3. The number of fused-ring (bicyclic) bond motifs is 1. The fraction of sp³-hybridized carbons (Fsp3) is 0.432. The van der Waals surface area contributed by atoms with Gasteiger partial charge in [0.25, 0.3) is 5.91 Å². The van der Waals surface area contributed by atoms with Gasteiger partial charge in [-0.2, -0.15) is 0 Å². The summed E-state index contributed by atoms with van der Waals surface area (Å²) in [5.41, 5.74) is 10.1. The largest absolute Gasteiger partial charge is 0.446 e. The van der Waals surface area contributed by atoms with Crippen LogP contribution in [0.2, 0.25) is 0 Å². The van der Waals surface area contributed by atoms with E-state index >= 15 is 0 Å². The number of likely N-dealkylation sites (tertiary alicyclic amines) is 2. The first-order valence-corrected chi connectivity index (χ1v) is 16.5. The third-order valence-electron chi connectivity index (χ3n) is 10.0. The van der Waals surface area contributed by atoms with Crippen LogP contribution in [0.4, 0.5) is 10.5 Å². The number of anilines is 1. The normalized spacial score (nSPS) is 21.9. The molecule has 2 aliphatic heterocycles. The van der Waals surface area contributed by atoms with Crippen LogP contribution in [0.5, 0.6) is 0 Å². The molecule has 2 atom stereocenters. The topological polar surface area (TPSA) is 108 Å². The number of nitrogens with two attached hydrogens (primary N) is 1. The van der Waals surface area contributed by atoms with Crippen molar-refractivity contribution in [2.75, 3.05) is 51.6 Å². The van der Waals surface area contributed by atoms with Crippen molar-refractivity contribution >= 4 is 23.6 Å². The Kier molecular flexibility index (Phi) is 10.00. The van der Waals surface area contributed by atoms with Gasteiger partial charge in [-0.15, -0.1) is 0 Å². The van der Waals surface area contributed by atoms with Gasteiger partial charge in [0.2, 0.25) is 5.91 Å². The molecule has 9 heteroatoms. The summed E-state index contributed by atoms with van der Waals surface area (Å²) in [6.07, 6.45) is 2.90. The van der Waals surface area contributed by atoms with Gasteiger partial charge in [0.1, 0.15) is 6.10 Å². The lowest BCUT2D eigenvalue weighted by Crippen LogP contribution is -2.38. The molecule has 2 heterocycles. The van der Waals surface area contributed by atoms with E-state index in [0.717, 1.165) is 87.3 Å². The first-order chi connectivity index (χ1) is 22.3. The molecule has 3 aromatic rings. The monoisotopic (exact) mass is 623 g/mol. The Morgan fingerprint density at radius 1 is 0.870 bits per heavy atom. The number of primary amides is 1. The van der Waals surface area contributed by atoms with Crippen LogP contribution in [-0.2, 0) is 16.1 Å². The minimum Gasteiger partial charge on any atom is -0.446 e. The third kappa shape index (κ3) is 7.77. The number of nitrogens with one attached hydrogen (secondary N) is 1. The maximum Gasteiger partial charge on any atom is 0.411 e. The van der Waals surface area contributed by atoms with Gasteiger partial charge >= 0.3 is 6.09 Å². The van der Waals surface area contributed by atoms with Crippen molar-refractivity contribution in [2.24, 2.45) is 23.5 Å². The Labute approximate surface area is 271 Å². The van der Waals surface area contributed by atoms with Gasteiger partial charge in [0.05, 0.1) is 5.69 Å². The van der Waals surface area contributed by atoms with Crippen LogP contribution >= 0.6 is 0 Å². The van der Waals surface area contributed by atoms with Crippen molar-refractivity contribution in [3.05, 3.63) is 90.0 Å². The summed E-state index contributed by atoms with van der Waals surface area (Å²) in [7, 11) is 1.87. The fourth-order valence-corrected chi connectivity index (χ4v) is 7.37. The number of ether oxygens (including phenoxy) is 1. The van der Waals surface area contributed by atoms with Gasteiger partial charge in [-0.25, -0.2) is 4.79 Å². The molecule has 0 aromatic heterocycles. The number of likely N-dealkylation sites (N-methyl/N-ethyl adjacent to an activating group) is 1. The Morgan fingerprint density at radius 3 is 2.20 bits per heavy atom. The number of hydrogen-bond acceptors (Lipinski definition) is 6. The first kappa shape index (κ1) is 31.8. The van der Waals surface area contributed by atoms with Crippen LogP contribution in [0.1, 0.15) is 41.6 Å². The second-order valence-electron chi connectivity index (χ2n) is 13.2. The number of nitrogens with zero attached hydrogens (tertiary/aromatic N) is 3. The zero-order chi connectivity index (χ0) is 32.0. The maximum atomic E-state index is 13.1. The summed E-state index contributed by atoms with van der Waals surface area (Å²) < 4.78 is 5.88. The van der Waals surface area contributed by atoms with Gasteiger partial charge in [-0.1, -0.05) is 60.7 Å². The third-order valence-corrected chi connectivity index (χ3v) is 10.0. The summed E-state index contributed by atoms with van der Waals surface area (Å²) in [5, 5.41) is 2.97. The molecule has 2 unspecified atom stereocenters. The number of hydrogen-bond donors (Lipinski definition) is 2. The van der Waals surface area contributed by atoms with E-state index in [0.29, 0.717) is 23.9 Å². The Hall–Kier alpha value is -4.21. The molecule has 0 bridgehead atoms. The number of benzene rings is 3. The predicted molar refractivity (Wildman–Crippen MR) is 179 cm³/mol. The number of rotatable bonds is 10. The quantitative estimate of drug-likeness (QED) is 0.326. The highest BCUT2D eigenvalue weighted by atomic mass is 16.6. The van der Waals surface area contributed by atoms with Crippen molar-refractivity contribution in [3.8, 4) is 11.1 Å². The molecule has 6 rings (SSSR count). The predicted octanol–water partition coefficient (Wildman–Crippen LogP) is 5.08. The van der Waals surface area contributed by atoms with Crippen molar-refractivity contribution in [1.82, 2.24) is 14.7 Å². The van der Waals surface area contributed by atoms with E-state index in [2.05, 4.69) is 15.1 Å². The molecule has 3 aromatic carbocycles. The van der Waals surface area contributed by atoms with Gasteiger partial charge in [0.15, 0.2) is 0 Å². The van der Waals surface area contributed by atoms with Gasteiger partial charge in [-0.3, -0.25) is 19.8 Å². The van der Waals surface area contributed by atoms with E-state index in [-0.39, 0.29) is 23.8 Å². The average molecular weight is 624 g/mol. The summed E-state index contributed by atoms with van der Waals surface area (Å²) >= 11 is 0. The van der Waals surface area contributed by atoms with Crippen LogP contribution in [0.25, 0.3) is 11.1 Å². The zero-order valence-electron chi connectivity index (χ0n) is 26.6. The molecule has 9 nitrogen and oxygen atoms in total. The molecule has 3 N–H and O–H groups in total. The van der Waals surface area contributed by atoms with E-state index in [4.69, 9.17) is 10.5 Å². The lowest BCUT2D eigenvalue weighted by molar-refractivity contribution is -0.123. The smallest absolute Gasteiger partial charge is 0.411 e. The van der Waals surface area contributed by atoms with Crippen molar-refractivity contribution in [3.63, 3.8) is 0 Å². The van der Waals surface area contributed by atoms with Crippen LogP contribution in [0.15, 0.2) is 78.9 Å². The second-order valence-corrected chi connectivity index (χ2v) is 13.2. The standard InChI is InChI=1S/C37H45N5O4/c1-40(36(44)29-13-11-26(12-14-29)23-41-17-15-28(16-18-41)35(38)43)19-20-42-24-30-21-32(22-31(30)25-42)46-37(45)39-34-10-6-5-9-33(34)27-7-3-2-4-8-27/h2-14,28,30-32H,15-25H2,1H3,(H2,38,43)(H,39,45). The zero-order valence-corrected chi connectivity index (χ0v) is 26.6. The van der Waals surface area contributed by atoms with E-state index < -0.39 is 6.09 Å². The highest BCUT2D eigenvalue weighted by molar-refractivity contribution is 5.94. The number of amides is 3. The Balaban J connectivity index is 0.911. The van der Waals surface area contributed by atoms with Crippen LogP contribution in [0.3, 0.4) is 0 Å². The van der Waals surface area contributed by atoms with Crippen LogP contribution < -0.4 is 11.1 Å². The molecule has 0 spiro atoms.